The molecule has 11 nitrogen and oxygen atoms in total. The van der Waals surface area contributed by atoms with E-state index in [1.165, 1.54) is 50.6 Å². The number of methoxy groups -OCH3 is 2. The van der Waals surface area contributed by atoms with Crippen molar-refractivity contribution in [2.24, 2.45) is 0 Å². The molecule has 0 heterocycles. The predicted octanol–water partition coefficient (Wildman–Crippen LogP) is 1.64. The molecule has 0 aliphatic heterocycles. The topological polar surface area (TPSA) is 169 Å². The maximum Gasteiger partial charge on any atom is 0.338 e. The van der Waals surface area contributed by atoms with Crippen LogP contribution in [-0.2, 0) is 14.3 Å². The van der Waals surface area contributed by atoms with Crippen LogP contribution in [0.5, 0.6) is 23.0 Å². The van der Waals surface area contributed by atoms with Gasteiger partial charge < -0.3 is 39.4 Å². The number of carboxylic acids is 1. The van der Waals surface area contributed by atoms with Crippen LogP contribution in [0, 0.1) is 0 Å². The average molecular weight is 474 g/mol. The van der Waals surface area contributed by atoms with E-state index in [4.69, 9.17) is 18.9 Å². The van der Waals surface area contributed by atoms with Gasteiger partial charge in [0.25, 0.3) is 0 Å². The summed E-state index contributed by atoms with van der Waals surface area (Å²) in [4.78, 5) is 36.8. The van der Waals surface area contributed by atoms with Gasteiger partial charge in [-0.2, -0.15) is 0 Å². The second kappa shape index (κ2) is 10.1. The number of hydrogen-bond donors (Lipinski definition) is 4. The zero-order valence-corrected chi connectivity index (χ0v) is 18.1. The van der Waals surface area contributed by atoms with Gasteiger partial charge in [0, 0.05) is 12.0 Å². The van der Waals surface area contributed by atoms with Crippen LogP contribution in [0.3, 0.4) is 0 Å². The fraction of sp³-hybridized carbons (Fsp3) is 0.261. The van der Waals surface area contributed by atoms with Crippen LogP contribution in [0.25, 0.3) is 0 Å². The van der Waals surface area contributed by atoms with E-state index in [1.54, 1.807) is 0 Å². The molecule has 0 spiro atoms. The van der Waals surface area contributed by atoms with Crippen molar-refractivity contribution in [3.8, 4) is 23.0 Å². The van der Waals surface area contributed by atoms with Crippen molar-refractivity contribution in [2.75, 3.05) is 14.2 Å². The minimum absolute atomic E-state index is 0.00384. The highest BCUT2D eigenvalue weighted by molar-refractivity contribution is 5.92. The van der Waals surface area contributed by atoms with Crippen LogP contribution in [0.4, 0.5) is 0 Å². The van der Waals surface area contributed by atoms with E-state index in [0.29, 0.717) is 0 Å². The van der Waals surface area contributed by atoms with Crippen LogP contribution >= 0.6 is 0 Å². The number of aliphatic carboxylic acids is 1. The van der Waals surface area contributed by atoms with Gasteiger partial charge in [0.15, 0.2) is 35.2 Å². The van der Waals surface area contributed by atoms with Gasteiger partial charge in [-0.25, -0.2) is 14.4 Å². The first-order valence-electron chi connectivity index (χ1n) is 9.92. The van der Waals surface area contributed by atoms with E-state index in [2.05, 4.69) is 0 Å². The molecule has 0 saturated carbocycles. The number of esters is 2. The van der Waals surface area contributed by atoms with Crippen molar-refractivity contribution in [1.29, 1.82) is 0 Å². The molecule has 0 amide bonds. The molecule has 0 saturated heterocycles. The van der Waals surface area contributed by atoms with E-state index in [0.717, 1.165) is 6.08 Å². The molecule has 3 atom stereocenters. The van der Waals surface area contributed by atoms with Gasteiger partial charge in [-0.1, -0.05) is 0 Å². The SMILES string of the molecule is COc1cc(C(=O)O[C@H]2[C@H](O)CC(C(=O)O)=C[C@H]2OC(=O)c2ccc(O)c(OC)c2)ccc1O. The van der Waals surface area contributed by atoms with Crippen LogP contribution < -0.4 is 9.47 Å². The van der Waals surface area contributed by atoms with Crippen molar-refractivity contribution < 1.29 is 53.8 Å². The number of carbonyl (C=O) groups is 3. The summed E-state index contributed by atoms with van der Waals surface area (Å²) in [6.45, 7) is 0. The second-order valence-corrected chi connectivity index (χ2v) is 7.28. The summed E-state index contributed by atoms with van der Waals surface area (Å²) in [7, 11) is 2.58. The normalized spacial score (nSPS) is 19.5. The number of phenols is 2. The number of aliphatic hydroxyl groups is 1. The van der Waals surface area contributed by atoms with Crippen molar-refractivity contribution >= 4 is 17.9 Å². The fourth-order valence-corrected chi connectivity index (χ4v) is 3.32. The lowest BCUT2D eigenvalue weighted by Crippen LogP contribution is -2.46. The number of benzene rings is 2. The van der Waals surface area contributed by atoms with Gasteiger partial charge in [0.2, 0.25) is 0 Å². The molecule has 11 heteroatoms. The standard InChI is InChI=1S/C23H22O11/c1-31-17-8-11(3-5-14(17)24)22(29)33-19-10-13(21(27)28)7-16(26)20(19)34-23(30)12-4-6-15(25)18(9-12)32-2/h3-6,8-10,16,19-20,24-26H,7H2,1-2H3,(H,27,28)/t16-,19-,20+/m1/s1. The van der Waals surface area contributed by atoms with Crippen molar-refractivity contribution in [3.05, 3.63) is 59.2 Å². The molecule has 0 aromatic heterocycles. The number of ether oxygens (including phenoxy) is 4. The molecule has 0 unspecified atom stereocenters. The highest BCUT2D eigenvalue weighted by atomic mass is 16.6. The minimum Gasteiger partial charge on any atom is -0.504 e. The van der Waals surface area contributed by atoms with Gasteiger partial charge in [0.1, 0.15) is 0 Å². The Morgan fingerprint density at radius 2 is 1.35 bits per heavy atom. The lowest BCUT2D eigenvalue weighted by molar-refractivity contribution is -0.134. The van der Waals surface area contributed by atoms with Gasteiger partial charge in [-0.3, -0.25) is 0 Å². The summed E-state index contributed by atoms with van der Waals surface area (Å²) in [6.07, 6.45) is -3.64. The first-order chi connectivity index (χ1) is 16.1. The lowest BCUT2D eigenvalue weighted by atomic mass is 9.91. The Bertz CT molecular complexity index is 1140. The maximum absolute atomic E-state index is 12.7. The Kier molecular flexibility index (Phi) is 7.27. The van der Waals surface area contributed by atoms with Crippen molar-refractivity contribution in [3.63, 3.8) is 0 Å². The van der Waals surface area contributed by atoms with Crippen LogP contribution in [0.15, 0.2) is 48.0 Å². The van der Waals surface area contributed by atoms with E-state index in [1.807, 2.05) is 0 Å². The van der Waals surface area contributed by atoms with Crippen LogP contribution in [0.1, 0.15) is 27.1 Å². The number of carboxylic acid groups (broad SMARTS) is 1. The summed E-state index contributed by atoms with van der Waals surface area (Å²) in [5.74, 6) is -3.61. The fourth-order valence-electron chi connectivity index (χ4n) is 3.32. The van der Waals surface area contributed by atoms with E-state index in [9.17, 15) is 34.8 Å². The molecule has 4 N–H and O–H groups in total. The Balaban J connectivity index is 1.88. The molecule has 1 aliphatic rings. The molecular weight excluding hydrogens is 452 g/mol. The van der Waals surface area contributed by atoms with Gasteiger partial charge in [0.05, 0.1) is 31.5 Å². The molecule has 180 valence electrons. The average Bonchev–Trinajstić information content (AvgIpc) is 2.81. The largest absolute Gasteiger partial charge is 0.504 e. The quantitative estimate of drug-likeness (QED) is 0.430. The summed E-state index contributed by atoms with van der Waals surface area (Å²) < 4.78 is 20.6. The molecule has 0 bridgehead atoms. The van der Waals surface area contributed by atoms with Crippen LogP contribution in [0.2, 0.25) is 0 Å². The first-order valence-corrected chi connectivity index (χ1v) is 9.92. The van der Waals surface area contributed by atoms with Crippen molar-refractivity contribution in [2.45, 2.75) is 24.7 Å². The summed E-state index contributed by atoms with van der Waals surface area (Å²) in [6, 6.07) is 7.37. The Morgan fingerprint density at radius 3 is 1.82 bits per heavy atom. The highest BCUT2D eigenvalue weighted by Crippen LogP contribution is 2.30. The Hall–Kier alpha value is -4.25. The zero-order valence-electron chi connectivity index (χ0n) is 18.1. The molecule has 2 aromatic rings. The van der Waals surface area contributed by atoms with E-state index >= 15 is 0 Å². The number of carbonyl (C=O) groups excluding carboxylic acids is 2. The summed E-state index contributed by atoms with van der Waals surface area (Å²) in [5, 5.41) is 39.3. The van der Waals surface area contributed by atoms with Gasteiger partial charge >= 0.3 is 17.9 Å². The first kappa shape index (κ1) is 24.4. The molecule has 34 heavy (non-hydrogen) atoms. The molecule has 0 radical (unpaired) electrons. The third kappa shape index (κ3) is 5.21. The number of hydrogen-bond acceptors (Lipinski definition) is 10. The highest BCUT2D eigenvalue weighted by Gasteiger charge is 2.40. The number of phenolic OH excluding ortho intramolecular Hbond substituents is 2. The molecule has 0 fully saturated rings. The molecule has 2 aromatic carbocycles. The molecule has 3 rings (SSSR count). The van der Waals surface area contributed by atoms with Gasteiger partial charge in [-0.15, -0.1) is 0 Å². The molecular formula is C23H22O11. The zero-order chi connectivity index (χ0) is 25.0. The number of rotatable bonds is 7. The smallest absolute Gasteiger partial charge is 0.338 e. The second-order valence-electron chi connectivity index (χ2n) is 7.28. The summed E-state index contributed by atoms with van der Waals surface area (Å²) >= 11 is 0. The third-order valence-corrected chi connectivity index (χ3v) is 5.09. The van der Waals surface area contributed by atoms with Crippen molar-refractivity contribution in [1.82, 2.24) is 0 Å². The van der Waals surface area contributed by atoms with E-state index < -0.39 is 36.2 Å². The van der Waals surface area contributed by atoms with E-state index in [-0.39, 0.29) is 46.1 Å². The van der Waals surface area contributed by atoms with Crippen LogP contribution in [-0.4, -0.2) is 70.9 Å². The number of aliphatic hydroxyl groups excluding tert-OH is 1. The third-order valence-electron chi connectivity index (χ3n) is 5.09. The monoisotopic (exact) mass is 474 g/mol. The predicted molar refractivity (Wildman–Crippen MR) is 114 cm³/mol. The van der Waals surface area contributed by atoms with Gasteiger partial charge in [-0.05, 0) is 42.5 Å². The Labute approximate surface area is 193 Å². The number of aromatic hydroxyl groups is 2. The maximum atomic E-state index is 12.7. The lowest BCUT2D eigenvalue weighted by Gasteiger charge is -2.32. The molecule has 1 aliphatic carbocycles. The Morgan fingerprint density at radius 1 is 0.853 bits per heavy atom. The summed E-state index contributed by atoms with van der Waals surface area (Å²) in [5.41, 5.74) is -0.288. The minimum atomic E-state index is -1.49.